The third kappa shape index (κ3) is 2.62. The smallest absolute Gasteiger partial charge is 0.178 e. The molecule has 3 rings (SSSR count). The van der Waals surface area contributed by atoms with E-state index in [4.69, 9.17) is 4.42 Å². The molecular weight excluding hydrogens is 250 g/mol. The highest BCUT2D eigenvalue weighted by atomic mass is 16.3. The number of aromatic nitrogens is 1. The number of furan rings is 1. The molecule has 0 radical (unpaired) electrons. The number of fused-ring (bicyclic) bond motifs is 1. The van der Waals surface area contributed by atoms with Gasteiger partial charge in [0, 0.05) is 17.1 Å². The highest BCUT2D eigenvalue weighted by Crippen LogP contribution is 2.18. The van der Waals surface area contributed by atoms with Gasteiger partial charge in [0.25, 0.3) is 0 Å². The molecule has 3 aromatic rings. The number of benzene rings is 1. The van der Waals surface area contributed by atoms with Gasteiger partial charge in [-0.25, -0.2) is 0 Å². The summed E-state index contributed by atoms with van der Waals surface area (Å²) in [6.07, 6.45) is 9.98. The third-order valence-electron chi connectivity index (χ3n) is 3.00. The lowest BCUT2D eigenvalue weighted by atomic mass is 10.1. The van der Waals surface area contributed by atoms with E-state index < -0.39 is 0 Å². The van der Waals surface area contributed by atoms with Crippen molar-refractivity contribution in [1.82, 2.24) is 4.98 Å². The topological polar surface area (TPSA) is 46.0 Å². The number of para-hydroxylation sites is 1. The minimum absolute atomic E-state index is 0.0771. The lowest BCUT2D eigenvalue weighted by molar-refractivity contribution is -0.110. The zero-order valence-electron chi connectivity index (χ0n) is 10.7. The van der Waals surface area contributed by atoms with Crippen molar-refractivity contribution in [2.45, 2.75) is 0 Å². The number of rotatable bonds is 4. The number of hydrogen-bond donors (Lipinski definition) is 1. The van der Waals surface area contributed by atoms with Crippen LogP contribution in [0.15, 0.2) is 65.4 Å². The maximum atomic E-state index is 11.7. The van der Waals surface area contributed by atoms with E-state index in [1.807, 2.05) is 36.5 Å². The fourth-order valence-electron chi connectivity index (χ4n) is 2.01. The van der Waals surface area contributed by atoms with Crippen LogP contribution in [0.3, 0.4) is 0 Å². The van der Waals surface area contributed by atoms with E-state index in [1.165, 1.54) is 6.08 Å². The molecule has 0 atom stereocenters. The van der Waals surface area contributed by atoms with Crippen LogP contribution in [0.5, 0.6) is 0 Å². The number of carbonyl (C=O) groups excluding carboxylic acids is 1. The maximum Gasteiger partial charge on any atom is 0.178 e. The van der Waals surface area contributed by atoms with Crippen molar-refractivity contribution in [2.24, 2.45) is 0 Å². The Morgan fingerprint density at radius 3 is 2.75 bits per heavy atom. The van der Waals surface area contributed by atoms with Crippen LogP contribution in [-0.4, -0.2) is 10.8 Å². The van der Waals surface area contributed by atoms with Crippen LogP contribution in [0.25, 0.3) is 23.1 Å². The first-order valence-corrected chi connectivity index (χ1v) is 6.33. The molecule has 0 aliphatic rings. The van der Waals surface area contributed by atoms with Crippen molar-refractivity contribution in [1.29, 1.82) is 0 Å². The SMILES string of the molecule is O=C(C=Cc1ccco1)C=Cc1c[nH]c2ccccc12. The van der Waals surface area contributed by atoms with E-state index in [9.17, 15) is 4.79 Å². The number of carbonyl (C=O) groups is 1. The lowest BCUT2D eigenvalue weighted by Gasteiger charge is -1.90. The average molecular weight is 263 g/mol. The number of allylic oxidation sites excluding steroid dienone is 2. The standard InChI is InChI=1S/C17H13NO2/c19-14(9-10-15-4-3-11-20-15)8-7-13-12-18-17-6-2-1-5-16(13)17/h1-12,18H. The summed E-state index contributed by atoms with van der Waals surface area (Å²) >= 11 is 0. The largest absolute Gasteiger partial charge is 0.465 e. The molecule has 0 saturated carbocycles. The van der Waals surface area contributed by atoms with Crippen molar-refractivity contribution >= 4 is 28.8 Å². The second-order valence-corrected chi connectivity index (χ2v) is 4.37. The Kier molecular flexibility index (Phi) is 3.33. The second kappa shape index (κ2) is 5.45. The summed E-state index contributed by atoms with van der Waals surface area (Å²) in [4.78, 5) is 14.9. The Morgan fingerprint density at radius 2 is 1.90 bits per heavy atom. The first kappa shape index (κ1) is 12.2. The molecule has 0 aliphatic heterocycles. The van der Waals surface area contributed by atoms with E-state index in [-0.39, 0.29) is 5.78 Å². The molecule has 2 heterocycles. The summed E-state index contributed by atoms with van der Waals surface area (Å²) < 4.78 is 5.12. The Balaban J connectivity index is 1.75. The normalized spacial score (nSPS) is 11.8. The van der Waals surface area contributed by atoms with Crippen molar-refractivity contribution in [2.75, 3.05) is 0 Å². The molecule has 3 nitrogen and oxygen atoms in total. The van der Waals surface area contributed by atoms with Crippen molar-refractivity contribution in [3.63, 3.8) is 0 Å². The fraction of sp³-hybridized carbons (Fsp3) is 0. The maximum absolute atomic E-state index is 11.7. The van der Waals surface area contributed by atoms with Crippen LogP contribution in [0.4, 0.5) is 0 Å². The average Bonchev–Trinajstić information content (AvgIpc) is 3.12. The van der Waals surface area contributed by atoms with Crippen LogP contribution < -0.4 is 0 Å². The summed E-state index contributed by atoms with van der Waals surface area (Å²) in [5.41, 5.74) is 2.06. The Morgan fingerprint density at radius 1 is 1.05 bits per heavy atom. The van der Waals surface area contributed by atoms with Crippen molar-refractivity contribution in [3.8, 4) is 0 Å². The molecule has 0 fully saturated rings. The Bertz CT molecular complexity index is 776. The number of hydrogen-bond acceptors (Lipinski definition) is 2. The quantitative estimate of drug-likeness (QED) is 0.721. The minimum Gasteiger partial charge on any atom is -0.465 e. The van der Waals surface area contributed by atoms with E-state index in [0.29, 0.717) is 5.76 Å². The van der Waals surface area contributed by atoms with Crippen LogP contribution in [0.2, 0.25) is 0 Å². The molecule has 0 saturated heterocycles. The fourth-order valence-corrected chi connectivity index (χ4v) is 2.01. The first-order valence-electron chi connectivity index (χ1n) is 6.33. The van der Waals surface area contributed by atoms with Crippen LogP contribution in [0.1, 0.15) is 11.3 Å². The number of nitrogens with one attached hydrogen (secondary N) is 1. The summed E-state index contributed by atoms with van der Waals surface area (Å²) in [5, 5.41) is 1.10. The monoisotopic (exact) mass is 263 g/mol. The van der Waals surface area contributed by atoms with E-state index in [1.54, 1.807) is 30.5 Å². The summed E-state index contributed by atoms with van der Waals surface area (Å²) in [6.45, 7) is 0. The van der Waals surface area contributed by atoms with Gasteiger partial charge < -0.3 is 9.40 Å². The van der Waals surface area contributed by atoms with Gasteiger partial charge in [0.15, 0.2) is 5.78 Å². The number of ketones is 1. The van der Waals surface area contributed by atoms with Gasteiger partial charge in [0.1, 0.15) is 5.76 Å². The molecule has 3 heteroatoms. The molecule has 0 unspecified atom stereocenters. The zero-order chi connectivity index (χ0) is 13.8. The molecule has 2 aromatic heterocycles. The van der Waals surface area contributed by atoms with Gasteiger partial charge in [0.2, 0.25) is 0 Å². The highest BCUT2D eigenvalue weighted by molar-refractivity contribution is 6.05. The zero-order valence-corrected chi connectivity index (χ0v) is 10.7. The molecule has 1 N–H and O–H groups in total. The van der Waals surface area contributed by atoms with Gasteiger partial charge in [-0.2, -0.15) is 0 Å². The highest BCUT2D eigenvalue weighted by Gasteiger charge is 1.99. The molecule has 0 aliphatic carbocycles. The predicted octanol–water partition coefficient (Wildman–Crippen LogP) is 4.06. The van der Waals surface area contributed by atoms with Crippen LogP contribution in [-0.2, 0) is 4.79 Å². The van der Waals surface area contributed by atoms with E-state index in [0.717, 1.165) is 16.5 Å². The molecular formula is C17H13NO2. The van der Waals surface area contributed by atoms with Gasteiger partial charge in [-0.05, 0) is 48.1 Å². The van der Waals surface area contributed by atoms with E-state index >= 15 is 0 Å². The lowest BCUT2D eigenvalue weighted by Crippen LogP contribution is -1.84. The van der Waals surface area contributed by atoms with Crippen molar-refractivity contribution in [3.05, 3.63) is 72.3 Å². The Labute approximate surface area is 116 Å². The van der Waals surface area contributed by atoms with Gasteiger partial charge in [-0.3, -0.25) is 4.79 Å². The third-order valence-corrected chi connectivity index (χ3v) is 3.00. The first-order chi connectivity index (χ1) is 9.83. The number of H-pyrrole nitrogens is 1. The molecule has 20 heavy (non-hydrogen) atoms. The summed E-state index contributed by atoms with van der Waals surface area (Å²) in [5.74, 6) is 0.588. The molecule has 0 amide bonds. The van der Waals surface area contributed by atoms with Crippen molar-refractivity contribution < 1.29 is 9.21 Å². The molecule has 1 aromatic carbocycles. The van der Waals surface area contributed by atoms with Gasteiger partial charge in [0.05, 0.1) is 6.26 Å². The van der Waals surface area contributed by atoms with E-state index in [2.05, 4.69) is 4.98 Å². The number of aromatic amines is 1. The van der Waals surface area contributed by atoms with Crippen LogP contribution in [0, 0.1) is 0 Å². The predicted molar refractivity (Wildman–Crippen MR) is 80.1 cm³/mol. The molecule has 98 valence electrons. The summed E-state index contributed by atoms with van der Waals surface area (Å²) in [6, 6.07) is 11.6. The second-order valence-electron chi connectivity index (χ2n) is 4.37. The summed E-state index contributed by atoms with van der Waals surface area (Å²) in [7, 11) is 0. The minimum atomic E-state index is -0.0771. The van der Waals surface area contributed by atoms with Gasteiger partial charge >= 0.3 is 0 Å². The molecule has 0 bridgehead atoms. The molecule has 0 spiro atoms. The van der Waals surface area contributed by atoms with Crippen LogP contribution >= 0.6 is 0 Å². The van der Waals surface area contributed by atoms with Gasteiger partial charge in [-0.1, -0.05) is 18.2 Å². The Hall–Kier alpha value is -2.81. The van der Waals surface area contributed by atoms with Gasteiger partial charge in [-0.15, -0.1) is 0 Å².